The first-order valence-electron chi connectivity index (χ1n) is 8.24. The highest BCUT2D eigenvalue weighted by atomic mass is 127. The van der Waals surface area contributed by atoms with Gasteiger partial charge < -0.3 is 15.3 Å². The molecule has 1 aromatic rings. The lowest BCUT2D eigenvalue weighted by Crippen LogP contribution is -2.40. The zero-order valence-corrected chi connectivity index (χ0v) is 16.7. The number of hydrogen-bond donors (Lipinski definition) is 2. The molecule has 6 nitrogen and oxygen atoms in total. The largest absolute Gasteiger partial charge is 0.396 e. The molecular weight excluding hydrogens is 405 g/mol. The monoisotopic (exact) mass is 435 g/mol. The van der Waals surface area contributed by atoms with E-state index in [1.165, 1.54) is 12.0 Å². The fraction of sp³-hybridized carbons (Fsp3) is 0.750. The van der Waals surface area contributed by atoms with Gasteiger partial charge >= 0.3 is 0 Å². The number of nitrogens with one attached hydrogen (secondary N) is 1. The lowest BCUT2D eigenvalue weighted by atomic mass is 10.0. The van der Waals surface area contributed by atoms with Crippen molar-refractivity contribution in [2.75, 3.05) is 32.8 Å². The summed E-state index contributed by atoms with van der Waals surface area (Å²) in [5, 5.41) is 16.8. The van der Waals surface area contributed by atoms with Crippen molar-refractivity contribution in [2.24, 2.45) is 23.9 Å². The van der Waals surface area contributed by atoms with Crippen LogP contribution in [-0.4, -0.2) is 58.5 Å². The van der Waals surface area contributed by atoms with Gasteiger partial charge in [0.2, 0.25) is 0 Å². The van der Waals surface area contributed by atoms with Gasteiger partial charge in [-0.25, -0.2) is 0 Å². The molecule has 132 valence electrons. The van der Waals surface area contributed by atoms with Crippen LogP contribution in [0.1, 0.15) is 25.8 Å². The number of nitrogens with zero attached hydrogens (tertiary/aromatic N) is 4. The van der Waals surface area contributed by atoms with Crippen molar-refractivity contribution < 1.29 is 5.11 Å². The molecule has 23 heavy (non-hydrogen) atoms. The van der Waals surface area contributed by atoms with Crippen LogP contribution in [0.3, 0.4) is 0 Å². The first-order valence-corrected chi connectivity index (χ1v) is 8.24. The van der Waals surface area contributed by atoms with Crippen LogP contribution in [0.25, 0.3) is 0 Å². The molecule has 0 saturated carbocycles. The van der Waals surface area contributed by atoms with E-state index in [-0.39, 0.29) is 36.5 Å². The SMILES string of the molecule is CCNC(=NCC(C)CO)N1CCC(Cc2cnn(C)c2)C1.I. The quantitative estimate of drug-likeness (QED) is 0.404. The van der Waals surface area contributed by atoms with Gasteiger partial charge in [-0.3, -0.25) is 9.67 Å². The summed E-state index contributed by atoms with van der Waals surface area (Å²) in [4.78, 5) is 7.01. The fourth-order valence-electron chi connectivity index (χ4n) is 2.83. The van der Waals surface area contributed by atoms with Gasteiger partial charge in [0.1, 0.15) is 0 Å². The van der Waals surface area contributed by atoms with Gasteiger partial charge in [-0.15, -0.1) is 24.0 Å². The molecule has 2 unspecified atom stereocenters. The summed E-state index contributed by atoms with van der Waals surface area (Å²) >= 11 is 0. The second kappa shape index (κ2) is 10.1. The van der Waals surface area contributed by atoms with Crippen molar-refractivity contribution in [3.63, 3.8) is 0 Å². The summed E-state index contributed by atoms with van der Waals surface area (Å²) in [6.07, 6.45) is 6.33. The van der Waals surface area contributed by atoms with E-state index in [9.17, 15) is 0 Å². The van der Waals surface area contributed by atoms with Crippen LogP contribution in [0, 0.1) is 11.8 Å². The van der Waals surface area contributed by atoms with Gasteiger partial charge in [0.25, 0.3) is 0 Å². The highest BCUT2D eigenvalue weighted by Crippen LogP contribution is 2.20. The molecule has 2 N–H and O–H groups in total. The summed E-state index contributed by atoms with van der Waals surface area (Å²) < 4.78 is 1.86. The Morgan fingerprint density at radius 3 is 2.96 bits per heavy atom. The van der Waals surface area contributed by atoms with Crippen molar-refractivity contribution in [3.8, 4) is 0 Å². The van der Waals surface area contributed by atoms with E-state index >= 15 is 0 Å². The van der Waals surface area contributed by atoms with E-state index in [1.807, 2.05) is 24.9 Å². The summed E-state index contributed by atoms with van der Waals surface area (Å²) in [5.74, 6) is 1.85. The van der Waals surface area contributed by atoms with Crippen LogP contribution in [0.5, 0.6) is 0 Å². The number of rotatable bonds is 6. The summed E-state index contributed by atoms with van der Waals surface area (Å²) in [5.41, 5.74) is 1.31. The second-order valence-electron chi connectivity index (χ2n) is 6.31. The number of aliphatic hydroxyl groups excluding tert-OH is 1. The predicted molar refractivity (Wildman–Crippen MR) is 104 cm³/mol. The van der Waals surface area contributed by atoms with Gasteiger partial charge in [0.05, 0.1) is 6.20 Å². The summed E-state index contributed by atoms with van der Waals surface area (Å²) in [7, 11) is 1.96. The molecule has 0 aromatic carbocycles. The average Bonchev–Trinajstić information content (AvgIpc) is 3.13. The Bertz CT molecular complexity index is 491. The molecule has 0 spiro atoms. The molecule has 0 amide bonds. The Labute approximate surface area is 156 Å². The molecule has 7 heteroatoms. The standard InChI is InChI=1S/C16H29N5O.HI/c1-4-17-16(18-8-13(2)12-22)21-6-5-14(11-21)7-15-9-19-20(3)10-15;/h9-10,13-14,22H,4-8,11-12H2,1-3H3,(H,17,18);1H. The van der Waals surface area contributed by atoms with Crippen LogP contribution < -0.4 is 5.32 Å². The van der Waals surface area contributed by atoms with Crippen LogP contribution in [0.4, 0.5) is 0 Å². The molecule has 2 heterocycles. The molecule has 0 bridgehead atoms. The highest BCUT2D eigenvalue weighted by Gasteiger charge is 2.25. The second-order valence-corrected chi connectivity index (χ2v) is 6.31. The highest BCUT2D eigenvalue weighted by molar-refractivity contribution is 14.0. The first-order chi connectivity index (χ1) is 10.6. The van der Waals surface area contributed by atoms with Gasteiger partial charge in [0, 0.05) is 46.0 Å². The number of aryl methyl sites for hydroxylation is 1. The lowest BCUT2D eigenvalue weighted by molar-refractivity contribution is 0.241. The minimum absolute atomic E-state index is 0. The number of halogens is 1. The van der Waals surface area contributed by atoms with Gasteiger partial charge in [-0.2, -0.15) is 5.10 Å². The molecule has 1 saturated heterocycles. The normalized spacial score (nSPS) is 19.6. The van der Waals surface area contributed by atoms with E-state index in [0.717, 1.165) is 32.0 Å². The summed E-state index contributed by atoms with van der Waals surface area (Å²) in [6.45, 7) is 7.92. The lowest BCUT2D eigenvalue weighted by Gasteiger charge is -2.22. The van der Waals surface area contributed by atoms with E-state index in [1.54, 1.807) is 0 Å². The van der Waals surface area contributed by atoms with Crippen molar-refractivity contribution in [3.05, 3.63) is 18.0 Å². The van der Waals surface area contributed by atoms with E-state index < -0.39 is 0 Å². The average molecular weight is 435 g/mol. The van der Waals surface area contributed by atoms with Gasteiger partial charge in [-0.05, 0) is 37.2 Å². The van der Waals surface area contributed by atoms with Crippen LogP contribution >= 0.6 is 24.0 Å². The zero-order valence-electron chi connectivity index (χ0n) is 14.4. The molecule has 1 aliphatic heterocycles. The number of aliphatic imine (C=N–C) groups is 1. The third-order valence-electron chi connectivity index (χ3n) is 4.07. The van der Waals surface area contributed by atoms with Crippen molar-refractivity contribution in [1.29, 1.82) is 0 Å². The third-order valence-corrected chi connectivity index (χ3v) is 4.07. The minimum Gasteiger partial charge on any atom is -0.396 e. The molecule has 0 aliphatic carbocycles. The smallest absolute Gasteiger partial charge is 0.193 e. The Morgan fingerprint density at radius 2 is 2.35 bits per heavy atom. The maximum atomic E-state index is 9.14. The Balaban J connectivity index is 0.00000264. The van der Waals surface area contributed by atoms with Crippen LogP contribution in [0.2, 0.25) is 0 Å². The maximum absolute atomic E-state index is 9.14. The molecule has 1 aliphatic rings. The number of likely N-dealkylation sites (tertiary alicyclic amines) is 1. The molecular formula is C16H30IN5O. The topological polar surface area (TPSA) is 65.7 Å². The fourth-order valence-corrected chi connectivity index (χ4v) is 2.83. The Kier molecular flexibility index (Phi) is 8.90. The number of aliphatic hydroxyl groups is 1. The molecule has 1 aromatic heterocycles. The third kappa shape index (κ3) is 6.29. The Morgan fingerprint density at radius 1 is 1.57 bits per heavy atom. The first kappa shape index (κ1) is 20.2. The Hall–Kier alpha value is -0.830. The van der Waals surface area contributed by atoms with Crippen molar-refractivity contribution >= 4 is 29.9 Å². The van der Waals surface area contributed by atoms with Crippen LogP contribution in [-0.2, 0) is 13.5 Å². The maximum Gasteiger partial charge on any atom is 0.193 e. The van der Waals surface area contributed by atoms with E-state index in [0.29, 0.717) is 12.5 Å². The van der Waals surface area contributed by atoms with Gasteiger partial charge in [-0.1, -0.05) is 6.92 Å². The number of aromatic nitrogens is 2. The van der Waals surface area contributed by atoms with E-state index in [4.69, 9.17) is 5.11 Å². The zero-order chi connectivity index (χ0) is 15.9. The molecule has 1 fully saturated rings. The van der Waals surface area contributed by atoms with Gasteiger partial charge in [0.15, 0.2) is 5.96 Å². The molecule has 0 radical (unpaired) electrons. The number of hydrogen-bond acceptors (Lipinski definition) is 3. The van der Waals surface area contributed by atoms with Crippen molar-refractivity contribution in [2.45, 2.75) is 26.7 Å². The number of guanidine groups is 1. The van der Waals surface area contributed by atoms with Crippen molar-refractivity contribution in [1.82, 2.24) is 20.0 Å². The van der Waals surface area contributed by atoms with E-state index in [2.05, 4.69) is 33.4 Å². The molecule has 2 rings (SSSR count). The molecule has 2 atom stereocenters. The minimum atomic E-state index is 0. The predicted octanol–water partition coefficient (Wildman–Crippen LogP) is 1.50. The summed E-state index contributed by atoms with van der Waals surface area (Å²) in [6, 6.07) is 0. The van der Waals surface area contributed by atoms with Crippen LogP contribution in [0.15, 0.2) is 17.4 Å².